The van der Waals surface area contributed by atoms with Crippen LogP contribution in [0.5, 0.6) is 5.75 Å². The number of halogens is 1. The van der Waals surface area contributed by atoms with Crippen LogP contribution in [0.3, 0.4) is 0 Å². The molecule has 2 unspecified atom stereocenters. The third kappa shape index (κ3) is 5.90. The van der Waals surface area contributed by atoms with Gasteiger partial charge in [0.1, 0.15) is 5.75 Å². The Morgan fingerprint density at radius 3 is 2.12 bits per heavy atom. The Hall–Kier alpha value is -2.37. The summed E-state index contributed by atoms with van der Waals surface area (Å²) in [5.74, 6) is 0.893. The van der Waals surface area contributed by atoms with Gasteiger partial charge in [-0.25, -0.2) is 0 Å². The van der Waals surface area contributed by atoms with Crippen LogP contribution >= 0.6 is 12.4 Å². The minimum absolute atomic E-state index is 0. The lowest BCUT2D eigenvalue weighted by molar-refractivity contribution is 0.0148. The molecule has 5 heteroatoms. The standard InChI is InChI=1S/C27H32N2O2.ClH/c1-21-7-6-10-24(19-21)26(27(30)23-8-4-3-5-9-23)29-17-15-28(16-18-29)20-22-11-13-25(31-2)14-12-22;/h3-14,19,26-27,30H,15-18,20H2,1-2H3;1H. The van der Waals surface area contributed by atoms with Crippen LogP contribution < -0.4 is 4.74 Å². The van der Waals surface area contributed by atoms with Crippen LogP contribution in [0.15, 0.2) is 78.9 Å². The molecule has 0 saturated carbocycles. The number of rotatable bonds is 7. The van der Waals surface area contributed by atoms with Crippen molar-refractivity contribution < 1.29 is 9.84 Å². The van der Waals surface area contributed by atoms with E-state index in [0.29, 0.717) is 0 Å². The van der Waals surface area contributed by atoms with E-state index in [2.05, 4.69) is 53.1 Å². The summed E-state index contributed by atoms with van der Waals surface area (Å²) in [6.07, 6.45) is -0.559. The van der Waals surface area contributed by atoms with E-state index in [9.17, 15) is 5.11 Å². The highest BCUT2D eigenvalue weighted by atomic mass is 35.5. The highest BCUT2D eigenvalue weighted by Crippen LogP contribution is 2.35. The van der Waals surface area contributed by atoms with Crippen LogP contribution in [0.1, 0.15) is 34.4 Å². The SMILES string of the molecule is COc1ccc(CN2CCN(C(c3cccc(C)c3)C(O)c3ccccc3)CC2)cc1.Cl. The molecule has 1 aliphatic rings. The van der Waals surface area contributed by atoms with Crippen molar-refractivity contribution in [3.63, 3.8) is 0 Å². The molecule has 1 saturated heterocycles. The second kappa shape index (κ2) is 11.5. The normalized spacial score (nSPS) is 16.7. The number of piperazine rings is 1. The van der Waals surface area contributed by atoms with Gasteiger partial charge in [0.05, 0.1) is 19.3 Å². The average molecular weight is 453 g/mol. The van der Waals surface area contributed by atoms with Gasteiger partial charge < -0.3 is 9.84 Å². The molecule has 170 valence electrons. The van der Waals surface area contributed by atoms with Crippen molar-refractivity contribution in [3.05, 3.63) is 101 Å². The lowest BCUT2D eigenvalue weighted by Gasteiger charge is -2.41. The monoisotopic (exact) mass is 452 g/mol. The topological polar surface area (TPSA) is 35.9 Å². The molecule has 0 bridgehead atoms. The Morgan fingerprint density at radius 1 is 0.844 bits per heavy atom. The molecule has 1 N–H and O–H groups in total. The number of aliphatic hydroxyl groups excluding tert-OH is 1. The number of aryl methyl sites for hydroxylation is 1. The van der Waals surface area contributed by atoms with Crippen LogP contribution in [0.4, 0.5) is 0 Å². The van der Waals surface area contributed by atoms with Crippen molar-refractivity contribution in [1.82, 2.24) is 9.80 Å². The second-order valence-electron chi connectivity index (χ2n) is 8.37. The van der Waals surface area contributed by atoms with Gasteiger partial charge in [-0.05, 0) is 35.7 Å². The lowest BCUT2D eigenvalue weighted by atomic mass is 9.93. The van der Waals surface area contributed by atoms with E-state index in [1.807, 2.05) is 42.5 Å². The van der Waals surface area contributed by atoms with Gasteiger partial charge in [-0.15, -0.1) is 12.4 Å². The Balaban J connectivity index is 0.00000289. The molecule has 32 heavy (non-hydrogen) atoms. The van der Waals surface area contributed by atoms with Crippen molar-refractivity contribution in [2.45, 2.75) is 25.6 Å². The summed E-state index contributed by atoms with van der Waals surface area (Å²) in [6.45, 7) is 6.87. The van der Waals surface area contributed by atoms with Crippen molar-refractivity contribution in [3.8, 4) is 5.75 Å². The lowest BCUT2D eigenvalue weighted by Crippen LogP contribution is -2.48. The van der Waals surface area contributed by atoms with E-state index >= 15 is 0 Å². The molecular formula is C27H33ClN2O2. The Labute approximate surface area is 197 Å². The van der Waals surface area contributed by atoms with Crippen LogP contribution in [0.2, 0.25) is 0 Å². The van der Waals surface area contributed by atoms with Crippen molar-refractivity contribution >= 4 is 12.4 Å². The fourth-order valence-corrected chi connectivity index (χ4v) is 4.47. The Bertz CT molecular complexity index is 957. The number of aliphatic hydroxyl groups is 1. The molecule has 1 fully saturated rings. The highest BCUT2D eigenvalue weighted by molar-refractivity contribution is 5.85. The van der Waals surface area contributed by atoms with Crippen LogP contribution in [0, 0.1) is 6.92 Å². The zero-order chi connectivity index (χ0) is 21.6. The van der Waals surface area contributed by atoms with Gasteiger partial charge in [-0.3, -0.25) is 9.80 Å². The number of nitrogens with zero attached hydrogens (tertiary/aromatic N) is 2. The summed E-state index contributed by atoms with van der Waals surface area (Å²) in [5, 5.41) is 11.4. The number of hydrogen-bond acceptors (Lipinski definition) is 4. The molecule has 0 radical (unpaired) electrons. The van der Waals surface area contributed by atoms with Crippen molar-refractivity contribution in [1.29, 1.82) is 0 Å². The fraction of sp³-hybridized carbons (Fsp3) is 0.333. The van der Waals surface area contributed by atoms with Gasteiger partial charge in [-0.1, -0.05) is 72.3 Å². The largest absolute Gasteiger partial charge is 0.497 e. The van der Waals surface area contributed by atoms with Crippen molar-refractivity contribution in [2.75, 3.05) is 33.3 Å². The average Bonchev–Trinajstić information content (AvgIpc) is 2.81. The predicted molar refractivity (Wildman–Crippen MR) is 132 cm³/mol. The maximum absolute atomic E-state index is 11.4. The number of hydrogen-bond donors (Lipinski definition) is 1. The van der Waals surface area contributed by atoms with E-state index in [0.717, 1.165) is 44.0 Å². The van der Waals surface area contributed by atoms with E-state index in [1.165, 1.54) is 16.7 Å². The minimum Gasteiger partial charge on any atom is -0.497 e. The molecule has 0 spiro atoms. The summed E-state index contributed by atoms with van der Waals surface area (Å²) >= 11 is 0. The van der Waals surface area contributed by atoms with Crippen LogP contribution in [0.25, 0.3) is 0 Å². The molecule has 0 aromatic heterocycles. The summed E-state index contributed by atoms with van der Waals surface area (Å²) in [6, 6.07) is 26.9. The van der Waals surface area contributed by atoms with Crippen LogP contribution in [-0.4, -0.2) is 48.2 Å². The number of benzene rings is 3. The van der Waals surface area contributed by atoms with Gasteiger partial charge in [0.2, 0.25) is 0 Å². The zero-order valence-corrected chi connectivity index (χ0v) is 19.7. The van der Waals surface area contributed by atoms with E-state index in [4.69, 9.17) is 4.74 Å². The maximum atomic E-state index is 11.4. The molecule has 1 heterocycles. The maximum Gasteiger partial charge on any atom is 0.118 e. The summed E-state index contributed by atoms with van der Waals surface area (Å²) in [5.41, 5.74) is 4.67. The van der Waals surface area contributed by atoms with Gasteiger partial charge >= 0.3 is 0 Å². The number of ether oxygens (including phenoxy) is 1. The third-order valence-electron chi connectivity index (χ3n) is 6.19. The molecule has 0 amide bonds. The first-order chi connectivity index (χ1) is 15.1. The Kier molecular flexibility index (Phi) is 8.71. The molecule has 3 aromatic carbocycles. The van der Waals surface area contributed by atoms with Gasteiger partial charge in [0, 0.05) is 32.7 Å². The fourth-order valence-electron chi connectivity index (χ4n) is 4.47. The zero-order valence-electron chi connectivity index (χ0n) is 18.9. The Morgan fingerprint density at radius 2 is 1.50 bits per heavy atom. The molecule has 0 aliphatic carbocycles. The first-order valence-corrected chi connectivity index (χ1v) is 11.0. The minimum atomic E-state index is -0.559. The summed E-state index contributed by atoms with van der Waals surface area (Å²) in [4.78, 5) is 4.93. The third-order valence-corrected chi connectivity index (χ3v) is 6.19. The first kappa shape index (κ1) is 24.3. The molecule has 1 aliphatic heterocycles. The van der Waals surface area contributed by atoms with Crippen molar-refractivity contribution in [2.24, 2.45) is 0 Å². The van der Waals surface area contributed by atoms with Crippen LogP contribution in [-0.2, 0) is 6.54 Å². The molecule has 3 aromatic rings. The van der Waals surface area contributed by atoms with E-state index < -0.39 is 6.10 Å². The summed E-state index contributed by atoms with van der Waals surface area (Å²) in [7, 11) is 1.70. The molecule has 4 nitrogen and oxygen atoms in total. The molecular weight excluding hydrogens is 420 g/mol. The van der Waals surface area contributed by atoms with Gasteiger partial charge in [0.25, 0.3) is 0 Å². The smallest absolute Gasteiger partial charge is 0.118 e. The van der Waals surface area contributed by atoms with E-state index in [1.54, 1.807) is 7.11 Å². The summed E-state index contributed by atoms with van der Waals surface area (Å²) < 4.78 is 5.26. The first-order valence-electron chi connectivity index (χ1n) is 11.0. The number of methoxy groups -OCH3 is 1. The van der Waals surface area contributed by atoms with Gasteiger partial charge in [0.15, 0.2) is 0 Å². The second-order valence-corrected chi connectivity index (χ2v) is 8.37. The molecule has 2 atom stereocenters. The molecule has 4 rings (SSSR count). The van der Waals surface area contributed by atoms with Gasteiger partial charge in [-0.2, -0.15) is 0 Å². The quantitative estimate of drug-likeness (QED) is 0.546. The predicted octanol–water partition coefficient (Wildman–Crippen LogP) is 5.02. The highest BCUT2D eigenvalue weighted by Gasteiger charge is 2.31. The van der Waals surface area contributed by atoms with E-state index in [-0.39, 0.29) is 18.4 Å².